The predicted molar refractivity (Wildman–Crippen MR) is 127 cm³/mol. The minimum atomic E-state index is -0.178. The molecule has 0 spiro atoms. The van der Waals surface area contributed by atoms with Crippen molar-refractivity contribution < 1.29 is 14.4 Å². The van der Waals surface area contributed by atoms with E-state index in [1.807, 2.05) is 42.5 Å². The molecular formula is C25H27N5O3. The van der Waals surface area contributed by atoms with Gasteiger partial charge in [0.05, 0.1) is 5.52 Å². The summed E-state index contributed by atoms with van der Waals surface area (Å²) in [6.45, 7) is 7.37. The fourth-order valence-electron chi connectivity index (χ4n) is 3.71. The first kappa shape index (κ1) is 22.3. The molecule has 2 heterocycles. The lowest BCUT2D eigenvalue weighted by molar-refractivity contribution is 0.137. The van der Waals surface area contributed by atoms with Crippen molar-refractivity contribution in [1.29, 1.82) is 0 Å². The number of piperazine rings is 1. The Labute approximate surface area is 192 Å². The number of ether oxygens (including phenoxy) is 1. The van der Waals surface area contributed by atoms with Crippen LogP contribution < -0.4 is 16.0 Å². The number of carbonyl (C=O) groups excluding carboxylic acids is 1. The van der Waals surface area contributed by atoms with Crippen molar-refractivity contribution in [3.63, 3.8) is 0 Å². The van der Waals surface area contributed by atoms with E-state index in [9.17, 15) is 4.79 Å². The van der Waals surface area contributed by atoms with Crippen LogP contribution >= 0.6 is 0 Å². The molecule has 1 aliphatic heterocycles. The Bertz CT molecular complexity index is 1160. The minimum absolute atomic E-state index is 0.178. The van der Waals surface area contributed by atoms with Crippen LogP contribution in [0.5, 0.6) is 11.5 Å². The van der Waals surface area contributed by atoms with Crippen LogP contribution in [0.1, 0.15) is 5.56 Å². The van der Waals surface area contributed by atoms with Crippen LogP contribution in [-0.2, 0) is 11.4 Å². The van der Waals surface area contributed by atoms with Gasteiger partial charge in [-0.15, -0.1) is 0 Å². The number of urea groups is 1. The summed E-state index contributed by atoms with van der Waals surface area (Å²) < 4.78 is 6.09. The van der Waals surface area contributed by atoms with Crippen LogP contribution in [0.2, 0.25) is 0 Å². The van der Waals surface area contributed by atoms with Crippen LogP contribution in [0, 0.1) is 0 Å². The Morgan fingerprint density at radius 3 is 2.73 bits per heavy atom. The van der Waals surface area contributed by atoms with E-state index >= 15 is 0 Å². The molecule has 0 aliphatic carbocycles. The Balaban J connectivity index is 1.30. The first-order valence-corrected chi connectivity index (χ1v) is 10.7. The molecule has 2 amide bonds. The first-order valence-electron chi connectivity index (χ1n) is 10.7. The fraction of sp³-hybridized carbons (Fsp3) is 0.200. The predicted octanol–water partition coefficient (Wildman–Crippen LogP) is 3.77. The number of amides is 2. The van der Waals surface area contributed by atoms with Gasteiger partial charge < -0.3 is 19.8 Å². The monoisotopic (exact) mass is 445 g/mol. The Morgan fingerprint density at radius 2 is 1.91 bits per heavy atom. The van der Waals surface area contributed by atoms with Gasteiger partial charge in [0.2, 0.25) is 0 Å². The zero-order valence-corrected chi connectivity index (χ0v) is 18.3. The van der Waals surface area contributed by atoms with Gasteiger partial charge >= 0.3 is 6.03 Å². The average Bonchev–Trinajstić information content (AvgIpc) is 2.83. The van der Waals surface area contributed by atoms with Gasteiger partial charge in [0.1, 0.15) is 17.8 Å². The highest BCUT2D eigenvalue weighted by Gasteiger charge is 2.21. The highest BCUT2D eigenvalue weighted by molar-refractivity contribution is 5.80. The number of rotatable bonds is 7. The van der Waals surface area contributed by atoms with E-state index in [-0.39, 0.29) is 6.03 Å². The van der Waals surface area contributed by atoms with Crippen molar-refractivity contribution in [1.82, 2.24) is 20.1 Å². The molecule has 8 heteroatoms. The number of nitrogens with one attached hydrogen (secondary N) is 1. The maximum absolute atomic E-state index is 12.3. The summed E-state index contributed by atoms with van der Waals surface area (Å²) in [5, 5.41) is 3.76. The lowest BCUT2D eigenvalue weighted by Crippen LogP contribution is -2.51. The van der Waals surface area contributed by atoms with Crippen molar-refractivity contribution in [3.8, 4) is 11.5 Å². The number of hydrogen-bond donors (Lipinski definition) is 2. The highest BCUT2D eigenvalue weighted by Crippen LogP contribution is 2.26. The molecule has 1 saturated heterocycles. The van der Waals surface area contributed by atoms with Crippen LogP contribution in [0.15, 0.2) is 85.4 Å². The molecule has 1 fully saturated rings. The van der Waals surface area contributed by atoms with Gasteiger partial charge in [-0.3, -0.25) is 9.88 Å². The minimum Gasteiger partial charge on any atom is -0.457 e. The lowest BCUT2D eigenvalue weighted by atomic mass is 10.2. The zero-order chi connectivity index (χ0) is 23.0. The molecule has 8 nitrogen and oxygen atoms in total. The van der Waals surface area contributed by atoms with Crippen LogP contribution in [-0.4, -0.2) is 47.0 Å². The van der Waals surface area contributed by atoms with Crippen molar-refractivity contribution in [2.24, 2.45) is 5.90 Å². The summed E-state index contributed by atoms with van der Waals surface area (Å²) in [4.78, 5) is 25.1. The summed E-state index contributed by atoms with van der Waals surface area (Å²) in [6.07, 6.45) is 4.54. The quantitative estimate of drug-likeness (QED) is 0.327. The van der Waals surface area contributed by atoms with Gasteiger partial charge in [0.15, 0.2) is 0 Å². The highest BCUT2D eigenvalue weighted by atomic mass is 16.6. The molecule has 2 aromatic carbocycles. The summed E-state index contributed by atoms with van der Waals surface area (Å²) in [6, 6.07) is 17.7. The molecule has 0 atom stereocenters. The van der Waals surface area contributed by atoms with Crippen molar-refractivity contribution in [2.75, 3.05) is 26.2 Å². The average molecular weight is 446 g/mol. The molecule has 1 aliphatic rings. The second-order valence-electron chi connectivity index (χ2n) is 7.76. The van der Waals surface area contributed by atoms with E-state index in [1.54, 1.807) is 11.1 Å². The lowest BCUT2D eigenvalue weighted by Gasteiger charge is -2.34. The molecule has 0 unspecified atom stereocenters. The molecule has 4 rings (SSSR count). The molecule has 1 aromatic heterocycles. The number of pyridine rings is 1. The fourth-order valence-corrected chi connectivity index (χ4v) is 3.71. The third-order valence-corrected chi connectivity index (χ3v) is 5.39. The molecular weight excluding hydrogens is 418 g/mol. The molecule has 0 radical (unpaired) electrons. The molecule has 3 aromatic rings. The van der Waals surface area contributed by atoms with Gasteiger partial charge in [-0.05, 0) is 48.0 Å². The van der Waals surface area contributed by atoms with E-state index in [1.165, 1.54) is 12.3 Å². The summed E-state index contributed by atoms with van der Waals surface area (Å²) in [5.41, 5.74) is 2.53. The summed E-state index contributed by atoms with van der Waals surface area (Å²) in [5.74, 6) is 6.50. The van der Waals surface area contributed by atoms with E-state index in [0.29, 0.717) is 18.8 Å². The largest absolute Gasteiger partial charge is 0.457 e. The Hall–Kier alpha value is -3.88. The number of nitrogens with two attached hydrogens (primary N) is 1. The second kappa shape index (κ2) is 10.6. The summed E-state index contributed by atoms with van der Waals surface area (Å²) in [7, 11) is 0. The molecule has 0 saturated carbocycles. The van der Waals surface area contributed by atoms with E-state index in [2.05, 4.69) is 38.7 Å². The summed E-state index contributed by atoms with van der Waals surface area (Å²) >= 11 is 0. The van der Waals surface area contributed by atoms with Gasteiger partial charge in [-0.1, -0.05) is 24.8 Å². The smallest absolute Gasteiger partial charge is 0.321 e. The van der Waals surface area contributed by atoms with Crippen LogP contribution in [0.25, 0.3) is 10.9 Å². The number of fused-ring (bicyclic) bond motifs is 1. The van der Waals surface area contributed by atoms with Gasteiger partial charge in [-0.2, -0.15) is 5.90 Å². The van der Waals surface area contributed by atoms with Crippen LogP contribution in [0.3, 0.4) is 0 Å². The molecule has 170 valence electrons. The SMILES string of the molecule is C=C(/C=C\ON)NC(=O)N1CCN(Cc2cccc(Oc3ccc4ncccc4c3)c2)CC1. The van der Waals surface area contributed by atoms with E-state index in [0.717, 1.165) is 47.6 Å². The number of hydrogen-bond acceptors (Lipinski definition) is 6. The maximum Gasteiger partial charge on any atom is 0.321 e. The Morgan fingerprint density at radius 1 is 1.09 bits per heavy atom. The zero-order valence-electron chi connectivity index (χ0n) is 18.3. The van der Waals surface area contributed by atoms with Gasteiger partial charge in [0.25, 0.3) is 0 Å². The van der Waals surface area contributed by atoms with E-state index in [4.69, 9.17) is 10.6 Å². The standard InChI is InChI=1S/C25H27N5O3/c1-19(9-15-32-26)28-25(31)30-13-11-29(12-14-30)18-20-4-2-6-22(16-20)33-23-7-8-24-21(17-23)5-3-10-27-24/h2-10,15-17H,1,11-14,18,26H2,(H,28,31)/b15-9-. The van der Waals surface area contributed by atoms with Crippen molar-refractivity contribution in [3.05, 3.63) is 91.0 Å². The third kappa shape index (κ3) is 6.09. The molecule has 0 bridgehead atoms. The maximum atomic E-state index is 12.3. The topological polar surface area (TPSA) is 92.9 Å². The van der Waals surface area contributed by atoms with Crippen molar-refractivity contribution >= 4 is 16.9 Å². The third-order valence-electron chi connectivity index (χ3n) is 5.39. The first-order chi connectivity index (χ1) is 16.1. The molecule has 3 N–H and O–H groups in total. The molecule has 33 heavy (non-hydrogen) atoms. The number of benzene rings is 2. The number of nitrogens with zero attached hydrogens (tertiary/aromatic N) is 3. The normalized spacial score (nSPS) is 14.4. The number of carbonyl (C=O) groups is 1. The van der Waals surface area contributed by atoms with Gasteiger partial charge in [-0.25, -0.2) is 4.79 Å². The number of allylic oxidation sites excluding steroid dienone is 1. The number of aromatic nitrogens is 1. The van der Waals surface area contributed by atoms with Gasteiger partial charge in [0, 0.05) is 50.0 Å². The second-order valence-corrected chi connectivity index (χ2v) is 7.76. The van der Waals surface area contributed by atoms with E-state index < -0.39 is 0 Å². The van der Waals surface area contributed by atoms with Crippen molar-refractivity contribution in [2.45, 2.75) is 6.54 Å². The Kier molecular flexibility index (Phi) is 7.19. The van der Waals surface area contributed by atoms with Crippen LogP contribution in [0.4, 0.5) is 4.79 Å².